The minimum absolute atomic E-state index is 0.826. The normalized spacial score (nSPS) is 11.1. The molecule has 0 unspecified atom stereocenters. The Morgan fingerprint density at radius 1 is 1.33 bits per heavy atom. The van der Waals surface area contributed by atoms with E-state index in [4.69, 9.17) is 0 Å². The lowest BCUT2D eigenvalue weighted by Gasteiger charge is -2.05. The van der Waals surface area contributed by atoms with Gasteiger partial charge in [0.1, 0.15) is 0 Å². The molecule has 5 nitrogen and oxygen atoms in total. The first-order valence-electron chi connectivity index (χ1n) is 6.37. The van der Waals surface area contributed by atoms with Crippen LogP contribution in [-0.4, -0.2) is 26.3 Å². The fourth-order valence-corrected chi connectivity index (χ4v) is 2.03. The Balaban J connectivity index is 1.67. The second kappa shape index (κ2) is 5.82. The number of H-pyrrole nitrogens is 1. The van der Waals surface area contributed by atoms with Crippen LogP contribution >= 0.6 is 0 Å². The van der Waals surface area contributed by atoms with Crippen molar-refractivity contribution >= 4 is 0 Å². The highest BCUT2D eigenvalue weighted by molar-refractivity contribution is 5.08. The van der Waals surface area contributed by atoms with Crippen LogP contribution < -0.4 is 5.32 Å². The van der Waals surface area contributed by atoms with Crippen LogP contribution in [0, 0.1) is 20.8 Å². The van der Waals surface area contributed by atoms with Crippen LogP contribution in [-0.2, 0) is 13.1 Å². The van der Waals surface area contributed by atoms with Gasteiger partial charge in [0.25, 0.3) is 0 Å². The van der Waals surface area contributed by atoms with Gasteiger partial charge in [0.2, 0.25) is 0 Å². The average molecular weight is 247 g/mol. The Bertz CT molecular complexity index is 497. The highest BCUT2D eigenvalue weighted by Crippen LogP contribution is 2.02. The maximum absolute atomic E-state index is 4.44. The number of aromatic nitrogens is 4. The van der Waals surface area contributed by atoms with Crippen molar-refractivity contribution in [1.82, 2.24) is 25.1 Å². The molecule has 0 aliphatic carbocycles. The molecule has 2 N–H and O–H groups in total. The van der Waals surface area contributed by atoms with Crippen molar-refractivity contribution in [2.75, 3.05) is 6.54 Å². The standard InChI is InChI=1S/C13H21N5/c1-10-7-11(2)18(17-10)6-4-5-14-8-13-12(3)15-9-16-13/h7,9,14H,4-6,8H2,1-3H3,(H,15,16). The molecule has 0 saturated heterocycles. The minimum atomic E-state index is 0.826. The third-order valence-electron chi connectivity index (χ3n) is 3.05. The van der Waals surface area contributed by atoms with Crippen molar-refractivity contribution in [3.63, 3.8) is 0 Å². The number of nitrogens with one attached hydrogen (secondary N) is 2. The van der Waals surface area contributed by atoms with Crippen LogP contribution in [0.5, 0.6) is 0 Å². The van der Waals surface area contributed by atoms with E-state index in [1.165, 1.54) is 5.69 Å². The van der Waals surface area contributed by atoms with Crippen LogP contribution in [0.3, 0.4) is 0 Å². The number of imidazole rings is 1. The molecule has 2 heterocycles. The molecule has 98 valence electrons. The van der Waals surface area contributed by atoms with Gasteiger partial charge in [0.15, 0.2) is 0 Å². The number of hydrogen-bond donors (Lipinski definition) is 2. The molecule has 0 bridgehead atoms. The molecular formula is C13H21N5. The Hall–Kier alpha value is -1.62. The Morgan fingerprint density at radius 2 is 2.17 bits per heavy atom. The summed E-state index contributed by atoms with van der Waals surface area (Å²) in [5.74, 6) is 0. The van der Waals surface area contributed by atoms with Crippen molar-refractivity contribution in [3.05, 3.63) is 35.2 Å². The topological polar surface area (TPSA) is 58.5 Å². The van der Waals surface area contributed by atoms with E-state index in [1.807, 2.05) is 13.8 Å². The summed E-state index contributed by atoms with van der Waals surface area (Å²) in [5.41, 5.74) is 4.56. The smallest absolute Gasteiger partial charge is 0.0925 e. The van der Waals surface area contributed by atoms with Crippen molar-refractivity contribution in [3.8, 4) is 0 Å². The zero-order chi connectivity index (χ0) is 13.0. The summed E-state index contributed by atoms with van der Waals surface area (Å²) in [6.07, 6.45) is 2.81. The summed E-state index contributed by atoms with van der Waals surface area (Å²) in [5, 5.41) is 7.84. The maximum atomic E-state index is 4.44. The van der Waals surface area contributed by atoms with E-state index in [1.54, 1.807) is 6.33 Å². The van der Waals surface area contributed by atoms with E-state index in [-0.39, 0.29) is 0 Å². The molecule has 0 spiro atoms. The van der Waals surface area contributed by atoms with Crippen molar-refractivity contribution in [2.24, 2.45) is 0 Å². The van der Waals surface area contributed by atoms with Crippen LogP contribution in [0.4, 0.5) is 0 Å². The van der Waals surface area contributed by atoms with Crippen molar-refractivity contribution in [2.45, 2.75) is 40.3 Å². The fraction of sp³-hybridized carbons (Fsp3) is 0.538. The number of nitrogens with zero attached hydrogens (tertiary/aromatic N) is 3. The summed E-state index contributed by atoms with van der Waals surface area (Å²) in [6.45, 7) is 8.94. The molecule has 0 aliphatic rings. The molecule has 0 atom stereocenters. The molecule has 18 heavy (non-hydrogen) atoms. The van der Waals surface area contributed by atoms with Gasteiger partial charge in [-0.3, -0.25) is 4.68 Å². The summed E-state index contributed by atoms with van der Waals surface area (Å²) in [6, 6.07) is 2.11. The third kappa shape index (κ3) is 3.20. The van der Waals surface area contributed by atoms with Crippen LogP contribution in [0.2, 0.25) is 0 Å². The summed E-state index contributed by atoms with van der Waals surface area (Å²) in [4.78, 5) is 7.33. The molecule has 0 saturated carbocycles. The molecule has 0 fully saturated rings. The molecule has 2 aromatic heterocycles. The molecule has 0 amide bonds. The van der Waals surface area contributed by atoms with E-state index in [2.05, 4.69) is 38.1 Å². The predicted octanol–water partition coefficient (Wildman–Crippen LogP) is 1.71. The van der Waals surface area contributed by atoms with E-state index in [9.17, 15) is 0 Å². The Morgan fingerprint density at radius 3 is 2.78 bits per heavy atom. The van der Waals surface area contributed by atoms with Gasteiger partial charge in [0, 0.05) is 24.5 Å². The zero-order valence-corrected chi connectivity index (χ0v) is 11.3. The quantitative estimate of drug-likeness (QED) is 0.764. The van der Waals surface area contributed by atoms with Gasteiger partial charge < -0.3 is 10.3 Å². The van der Waals surface area contributed by atoms with E-state index in [0.717, 1.165) is 43.1 Å². The van der Waals surface area contributed by atoms with E-state index < -0.39 is 0 Å². The third-order valence-corrected chi connectivity index (χ3v) is 3.05. The number of aryl methyl sites for hydroxylation is 4. The SMILES string of the molecule is Cc1cc(C)n(CCCNCc2nc[nH]c2C)n1. The average Bonchev–Trinajstić information content (AvgIpc) is 2.86. The van der Waals surface area contributed by atoms with Crippen molar-refractivity contribution in [1.29, 1.82) is 0 Å². The predicted molar refractivity (Wildman–Crippen MR) is 71.3 cm³/mol. The molecule has 2 rings (SSSR count). The van der Waals surface area contributed by atoms with Gasteiger partial charge >= 0.3 is 0 Å². The summed E-state index contributed by atoms with van der Waals surface area (Å²) in [7, 11) is 0. The Labute approximate surface area is 108 Å². The zero-order valence-electron chi connectivity index (χ0n) is 11.3. The van der Waals surface area contributed by atoms with Gasteiger partial charge in [-0.25, -0.2) is 4.98 Å². The largest absolute Gasteiger partial charge is 0.348 e. The molecule has 0 aromatic carbocycles. The van der Waals surface area contributed by atoms with Crippen LogP contribution in [0.15, 0.2) is 12.4 Å². The lowest BCUT2D eigenvalue weighted by molar-refractivity contribution is 0.530. The van der Waals surface area contributed by atoms with Crippen LogP contribution in [0.25, 0.3) is 0 Å². The van der Waals surface area contributed by atoms with Gasteiger partial charge in [0.05, 0.1) is 17.7 Å². The molecule has 0 radical (unpaired) electrons. The van der Waals surface area contributed by atoms with Gasteiger partial charge in [-0.15, -0.1) is 0 Å². The first-order valence-corrected chi connectivity index (χ1v) is 6.37. The molecular weight excluding hydrogens is 226 g/mol. The van der Waals surface area contributed by atoms with Gasteiger partial charge in [-0.05, 0) is 39.8 Å². The Kier molecular flexibility index (Phi) is 4.15. The number of rotatable bonds is 6. The first-order chi connectivity index (χ1) is 8.66. The number of aromatic amines is 1. The highest BCUT2D eigenvalue weighted by atomic mass is 15.3. The lowest BCUT2D eigenvalue weighted by Crippen LogP contribution is -2.17. The highest BCUT2D eigenvalue weighted by Gasteiger charge is 2.01. The first kappa shape index (κ1) is 12.8. The van der Waals surface area contributed by atoms with Gasteiger partial charge in [-0.1, -0.05) is 0 Å². The second-order valence-corrected chi connectivity index (χ2v) is 4.65. The second-order valence-electron chi connectivity index (χ2n) is 4.65. The van der Waals surface area contributed by atoms with Gasteiger partial charge in [-0.2, -0.15) is 5.10 Å². The van der Waals surface area contributed by atoms with Crippen molar-refractivity contribution < 1.29 is 0 Å². The number of hydrogen-bond acceptors (Lipinski definition) is 3. The van der Waals surface area contributed by atoms with E-state index in [0.29, 0.717) is 0 Å². The maximum Gasteiger partial charge on any atom is 0.0925 e. The molecule has 0 aliphatic heterocycles. The monoisotopic (exact) mass is 247 g/mol. The summed E-state index contributed by atoms with van der Waals surface area (Å²) >= 11 is 0. The van der Waals surface area contributed by atoms with E-state index >= 15 is 0 Å². The summed E-state index contributed by atoms with van der Waals surface area (Å²) < 4.78 is 2.07. The lowest BCUT2D eigenvalue weighted by atomic mass is 10.3. The molecule has 2 aromatic rings. The fourth-order valence-electron chi connectivity index (χ4n) is 2.03. The minimum Gasteiger partial charge on any atom is -0.348 e. The van der Waals surface area contributed by atoms with Crippen LogP contribution in [0.1, 0.15) is 29.2 Å². The molecule has 5 heteroatoms.